The SMILES string of the molecule is O=C(c1ccccc1Cl)N1C[C@H]2CN(C(=O)C3CCC3)C[C@@]2(C(=O)O)C1. The van der Waals surface area contributed by atoms with Crippen LogP contribution in [0.2, 0.25) is 5.02 Å². The van der Waals surface area contributed by atoms with Crippen LogP contribution in [-0.4, -0.2) is 58.9 Å². The third-order valence-electron chi connectivity index (χ3n) is 6.19. The molecule has 7 heteroatoms. The van der Waals surface area contributed by atoms with Crippen LogP contribution in [0.15, 0.2) is 24.3 Å². The largest absolute Gasteiger partial charge is 0.481 e. The first-order valence-electron chi connectivity index (χ1n) is 8.98. The number of benzene rings is 1. The van der Waals surface area contributed by atoms with E-state index in [-0.39, 0.29) is 36.7 Å². The Balaban J connectivity index is 1.53. The van der Waals surface area contributed by atoms with Crippen molar-refractivity contribution in [3.63, 3.8) is 0 Å². The van der Waals surface area contributed by atoms with Gasteiger partial charge in [0.05, 0.1) is 10.6 Å². The molecule has 0 unspecified atom stereocenters. The molecule has 3 fully saturated rings. The van der Waals surface area contributed by atoms with Crippen LogP contribution < -0.4 is 0 Å². The number of carboxylic acids is 1. The van der Waals surface area contributed by atoms with Crippen LogP contribution in [0.4, 0.5) is 0 Å². The van der Waals surface area contributed by atoms with Crippen LogP contribution in [0.25, 0.3) is 0 Å². The van der Waals surface area contributed by atoms with Gasteiger partial charge >= 0.3 is 5.97 Å². The van der Waals surface area contributed by atoms with Crippen LogP contribution in [0.5, 0.6) is 0 Å². The van der Waals surface area contributed by atoms with E-state index in [2.05, 4.69) is 0 Å². The van der Waals surface area contributed by atoms with Crippen LogP contribution >= 0.6 is 11.6 Å². The molecule has 1 N–H and O–H groups in total. The monoisotopic (exact) mass is 376 g/mol. The van der Waals surface area contributed by atoms with Gasteiger partial charge in [0.25, 0.3) is 5.91 Å². The average molecular weight is 377 g/mol. The smallest absolute Gasteiger partial charge is 0.313 e. The van der Waals surface area contributed by atoms with Gasteiger partial charge in [0.15, 0.2) is 0 Å². The highest BCUT2D eigenvalue weighted by Gasteiger charge is 2.59. The topological polar surface area (TPSA) is 77.9 Å². The lowest BCUT2D eigenvalue weighted by atomic mass is 9.81. The summed E-state index contributed by atoms with van der Waals surface area (Å²) in [6, 6.07) is 6.79. The quantitative estimate of drug-likeness (QED) is 0.876. The number of hydrogen-bond donors (Lipinski definition) is 1. The molecule has 3 aliphatic rings. The van der Waals surface area contributed by atoms with E-state index in [1.165, 1.54) is 0 Å². The molecule has 2 aliphatic heterocycles. The minimum absolute atomic E-state index is 0.0560. The van der Waals surface area contributed by atoms with Gasteiger partial charge in [0.1, 0.15) is 5.41 Å². The highest BCUT2D eigenvalue weighted by molar-refractivity contribution is 6.33. The van der Waals surface area contributed by atoms with E-state index in [0.29, 0.717) is 23.7 Å². The van der Waals surface area contributed by atoms with Crippen molar-refractivity contribution in [2.45, 2.75) is 19.3 Å². The number of rotatable bonds is 3. The average Bonchev–Trinajstić information content (AvgIpc) is 3.08. The standard InChI is InChI=1S/C19H21ClN2O4/c20-15-7-2-1-6-14(15)17(24)22-9-13-8-21(16(23)12-4-3-5-12)10-19(13,11-22)18(25)26/h1-2,6-7,12-13H,3-5,8-11H2,(H,25,26)/t13-,19-/m1/s1. The maximum absolute atomic E-state index is 12.8. The van der Waals surface area contributed by atoms with E-state index >= 15 is 0 Å². The van der Waals surface area contributed by atoms with Gasteiger partial charge in [-0.2, -0.15) is 0 Å². The van der Waals surface area contributed by atoms with Crippen molar-refractivity contribution in [3.8, 4) is 0 Å². The zero-order chi connectivity index (χ0) is 18.5. The summed E-state index contributed by atoms with van der Waals surface area (Å²) in [5, 5.41) is 10.3. The Morgan fingerprint density at radius 3 is 2.31 bits per heavy atom. The number of likely N-dealkylation sites (tertiary alicyclic amines) is 2. The molecule has 0 spiro atoms. The number of carbonyl (C=O) groups excluding carboxylic acids is 2. The highest BCUT2D eigenvalue weighted by Crippen LogP contribution is 2.44. The van der Waals surface area contributed by atoms with Crippen molar-refractivity contribution in [2.75, 3.05) is 26.2 Å². The molecule has 2 atom stereocenters. The molecule has 4 rings (SSSR count). The van der Waals surface area contributed by atoms with E-state index in [0.717, 1.165) is 19.3 Å². The van der Waals surface area contributed by atoms with Crippen LogP contribution in [-0.2, 0) is 9.59 Å². The number of carboxylic acid groups (broad SMARTS) is 1. The summed E-state index contributed by atoms with van der Waals surface area (Å²) in [5.74, 6) is -1.28. The Morgan fingerprint density at radius 2 is 1.73 bits per heavy atom. The molecule has 1 aliphatic carbocycles. The van der Waals surface area contributed by atoms with Gasteiger partial charge in [0.2, 0.25) is 5.91 Å². The Morgan fingerprint density at radius 1 is 1.08 bits per heavy atom. The first-order chi connectivity index (χ1) is 12.4. The third kappa shape index (κ3) is 2.58. The molecule has 6 nitrogen and oxygen atoms in total. The Labute approximate surface area is 156 Å². The molecule has 1 saturated carbocycles. The molecular weight excluding hydrogens is 356 g/mol. The zero-order valence-electron chi connectivity index (χ0n) is 14.4. The van der Waals surface area contributed by atoms with E-state index < -0.39 is 11.4 Å². The summed E-state index contributed by atoms with van der Waals surface area (Å²) in [6.45, 7) is 1.05. The Bertz CT molecular complexity index is 779. The number of aliphatic carboxylic acids is 1. The van der Waals surface area contributed by atoms with Gasteiger partial charge in [-0.1, -0.05) is 30.2 Å². The van der Waals surface area contributed by atoms with Gasteiger partial charge in [-0.3, -0.25) is 14.4 Å². The zero-order valence-corrected chi connectivity index (χ0v) is 15.1. The third-order valence-corrected chi connectivity index (χ3v) is 6.52. The number of nitrogens with zero attached hydrogens (tertiary/aromatic N) is 2. The second-order valence-electron chi connectivity index (χ2n) is 7.67. The molecule has 1 aromatic carbocycles. The van der Waals surface area contributed by atoms with Gasteiger partial charge in [0, 0.05) is 38.0 Å². The summed E-state index contributed by atoms with van der Waals surface area (Å²) in [4.78, 5) is 40.7. The van der Waals surface area contributed by atoms with E-state index in [9.17, 15) is 19.5 Å². The maximum atomic E-state index is 12.8. The summed E-state index contributed by atoms with van der Waals surface area (Å²) in [5.41, 5.74) is -0.687. The molecule has 0 bridgehead atoms. The lowest BCUT2D eigenvalue weighted by Crippen LogP contribution is -2.44. The second-order valence-corrected chi connectivity index (χ2v) is 8.08. The highest BCUT2D eigenvalue weighted by atomic mass is 35.5. The Hall–Kier alpha value is -2.08. The number of carbonyl (C=O) groups is 3. The molecule has 0 aromatic heterocycles. The van der Waals surface area contributed by atoms with E-state index in [1.54, 1.807) is 34.1 Å². The van der Waals surface area contributed by atoms with Crippen molar-refractivity contribution in [2.24, 2.45) is 17.3 Å². The minimum Gasteiger partial charge on any atom is -0.481 e. The fourth-order valence-electron chi connectivity index (χ4n) is 4.41. The summed E-state index contributed by atoms with van der Waals surface area (Å²) < 4.78 is 0. The van der Waals surface area contributed by atoms with Gasteiger partial charge in [-0.25, -0.2) is 0 Å². The fourth-order valence-corrected chi connectivity index (χ4v) is 4.63. The Kier molecular flexibility index (Phi) is 4.18. The van der Waals surface area contributed by atoms with Crippen molar-refractivity contribution in [1.29, 1.82) is 0 Å². The van der Waals surface area contributed by atoms with Crippen LogP contribution in [0.1, 0.15) is 29.6 Å². The maximum Gasteiger partial charge on any atom is 0.313 e. The van der Waals surface area contributed by atoms with Crippen molar-refractivity contribution >= 4 is 29.4 Å². The number of fused-ring (bicyclic) bond motifs is 1. The van der Waals surface area contributed by atoms with Crippen LogP contribution in [0, 0.1) is 17.3 Å². The first kappa shape index (κ1) is 17.3. The van der Waals surface area contributed by atoms with E-state index in [4.69, 9.17) is 11.6 Å². The predicted octanol–water partition coefficient (Wildman–Crippen LogP) is 2.13. The molecule has 0 radical (unpaired) electrons. The van der Waals surface area contributed by atoms with Crippen molar-refractivity contribution < 1.29 is 19.5 Å². The number of halogens is 1. The molecule has 2 amide bonds. The predicted molar refractivity (Wildman–Crippen MR) is 94.8 cm³/mol. The van der Waals surface area contributed by atoms with Gasteiger partial charge in [-0.15, -0.1) is 0 Å². The molecule has 1 aromatic rings. The van der Waals surface area contributed by atoms with Gasteiger partial charge < -0.3 is 14.9 Å². The first-order valence-corrected chi connectivity index (χ1v) is 9.36. The summed E-state index contributed by atoms with van der Waals surface area (Å²) >= 11 is 6.12. The van der Waals surface area contributed by atoms with Crippen LogP contribution in [0.3, 0.4) is 0 Å². The summed E-state index contributed by atoms with van der Waals surface area (Å²) in [7, 11) is 0. The normalized spacial score (nSPS) is 28.0. The lowest BCUT2D eigenvalue weighted by Gasteiger charge is -2.31. The second kappa shape index (κ2) is 6.27. The molecule has 138 valence electrons. The van der Waals surface area contributed by atoms with E-state index in [1.807, 2.05) is 0 Å². The molecule has 26 heavy (non-hydrogen) atoms. The molecule has 2 heterocycles. The molecule has 2 saturated heterocycles. The minimum atomic E-state index is -1.07. The van der Waals surface area contributed by atoms with Crippen molar-refractivity contribution in [3.05, 3.63) is 34.9 Å². The number of amides is 2. The molecular formula is C19H21ClN2O4. The summed E-state index contributed by atoms with van der Waals surface area (Å²) in [6.07, 6.45) is 2.87. The van der Waals surface area contributed by atoms with Crippen molar-refractivity contribution in [1.82, 2.24) is 9.80 Å². The number of hydrogen-bond acceptors (Lipinski definition) is 3. The van der Waals surface area contributed by atoms with Gasteiger partial charge in [-0.05, 0) is 25.0 Å². The fraction of sp³-hybridized carbons (Fsp3) is 0.526. The lowest BCUT2D eigenvalue weighted by molar-refractivity contribution is -0.149.